The monoisotopic (exact) mass is 352 g/mol. The van der Waals surface area contributed by atoms with E-state index >= 15 is 0 Å². The molecule has 0 unspecified atom stereocenters. The third-order valence-electron chi connectivity index (χ3n) is 3.28. The number of aryl methyl sites for hydroxylation is 1. The van der Waals surface area contributed by atoms with Crippen LogP contribution in [0.3, 0.4) is 0 Å². The number of nitrogens with one attached hydrogen (secondary N) is 2. The lowest BCUT2D eigenvalue weighted by Crippen LogP contribution is -2.29. The number of carbonyl (C=O) groups excluding carboxylic acids is 2. The Morgan fingerprint density at radius 3 is 2.12 bits per heavy atom. The van der Waals surface area contributed by atoms with Crippen molar-refractivity contribution in [3.05, 3.63) is 53.6 Å². The van der Waals surface area contributed by atoms with E-state index in [-0.39, 0.29) is 5.69 Å². The van der Waals surface area contributed by atoms with Crippen LogP contribution in [0.5, 0.6) is 5.75 Å². The van der Waals surface area contributed by atoms with Crippen molar-refractivity contribution in [1.82, 2.24) is 0 Å². The lowest BCUT2D eigenvalue weighted by Gasteiger charge is -2.11. The molecule has 0 heterocycles. The molecule has 0 atom stereocenters. The highest BCUT2D eigenvalue weighted by atomic mass is 19.4. The second-order valence-electron chi connectivity index (χ2n) is 5.19. The number of carbonyl (C=O) groups is 2. The van der Waals surface area contributed by atoms with E-state index in [2.05, 4.69) is 10.6 Å². The van der Waals surface area contributed by atoms with Crippen LogP contribution in [0.4, 0.5) is 24.5 Å². The molecular weight excluding hydrogens is 337 g/mol. The maximum atomic E-state index is 12.5. The van der Waals surface area contributed by atoms with Crippen molar-refractivity contribution in [3.8, 4) is 5.75 Å². The molecule has 2 aromatic rings. The smallest absolute Gasteiger partial charge is 0.416 e. The molecule has 0 aromatic heterocycles. The number of hydrogen-bond donors (Lipinski definition) is 2. The van der Waals surface area contributed by atoms with Gasteiger partial charge in [-0.25, -0.2) is 0 Å². The second-order valence-corrected chi connectivity index (χ2v) is 5.19. The third kappa shape index (κ3) is 4.72. The van der Waals surface area contributed by atoms with E-state index in [4.69, 9.17) is 4.74 Å². The normalized spacial score (nSPS) is 10.9. The molecule has 25 heavy (non-hydrogen) atoms. The van der Waals surface area contributed by atoms with Crippen molar-refractivity contribution in [2.24, 2.45) is 0 Å². The number of amides is 2. The van der Waals surface area contributed by atoms with Gasteiger partial charge in [-0.3, -0.25) is 9.59 Å². The van der Waals surface area contributed by atoms with Crippen molar-refractivity contribution in [2.45, 2.75) is 13.1 Å². The van der Waals surface area contributed by atoms with Crippen LogP contribution in [0.2, 0.25) is 0 Å². The Morgan fingerprint density at radius 2 is 1.56 bits per heavy atom. The zero-order valence-electron chi connectivity index (χ0n) is 13.4. The SMILES string of the molecule is COc1ccc(C)cc1NC(=O)C(=O)Nc1ccc(C(F)(F)F)cc1. The van der Waals surface area contributed by atoms with Crippen LogP contribution >= 0.6 is 0 Å². The molecule has 0 spiro atoms. The summed E-state index contributed by atoms with van der Waals surface area (Å²) in [5.74, 6) is -1.60. The minimum Gasteiger partial charge on any atom is -0.495 e. The number of halogens is 3. The minimum absolute atomic E-state index is 0.0735. The second kappa shape index (κ2) is 7.25. The summed E-state index contributed by atoms with van der Waals surface area (Å²) in [4.78, 5) is 23.9. The van der Waals surface area contributed by atoms with Crippen LogP contribution in [-0.2, 0) is 15.8 Å². The fraction of sp³-hybridized carbons (Fsp3) is 0.176. The van der Waals surface area contributed by atoms with Crippen LogP contribution in [0.15, 0.2) is 42.5 Å². The van der Waals surface area contributed by atoms with Crippen LogP contribution < -0.4 is 15.4 Å². The predicted octanol–water partition coefficient (Wildman–Crippen LogP) is 3.60. The van der Waals surface area contributed by atoms with E-state index in [9.17, 15) is 22.8 Å². The Kier molecular flexibility index (Phi) is 5.31. The first-order chi connectivity index (χ1) is 11.7. The molecule has 0 aliphatic rings. The summed E-state index contributed by atoms with van der Waals surface area (Å²) in [5, 5.41) is 4.64. The Morgan fingerprint density at radius 1 is 0.960 bits per heavy atom. The molecule has 2 aromatic carbocycles. The fourth-order valence-electron chi connectivity index (χ4n) is 2.03. The standard InChI is InChI=1S/C17H15F3N2O3/c1-10-3-8-14(25-2)13(9-10)22-16(24)15(23)21-12-6-4-11(5-7-12)17(18,19)20/h3-9H,1-2H3,(H,21,23)(H,22,24). The Labute approximate surface area is 141 Å². The number of benzene rings is 2. The molecule has 5 nitrogen and oxygen atoms in total. The van der Waals surface area contributed by atoms with E-state index in [0.717, 1.165) is 29.8 Å². The largest absolute Gasteiger partial charge is 0.495 e. The van der Waals surface area contributed by atoms with Gasteiger partial charge >= 0.3 is 18.0 Å². The first-order valence-electron chi connectivity index (χ1n) is 7.15. The van der Waals surface area contributed by atoms with Gasteiger partial charge in [-0.1, -0.05) is 6.07 Å². The van der Waals surface area contributed by atoms with Gasteiger partial charge in [0.2, 0.25) is 0 Å². The number of rotatable bonds is 3. The Hall–Kier alpha value is -3.03. The zero-order chi connectivity index (χ0) is 18.6. The van der Waals surface area contributed by atoms with Crippen LogP contribution in [0.1, 0.15) is 11.1 Å². The van der Waals surface area contributed by atoms with E-state index in [1.54, 1.807) is 25.1 Å². The van der Waals surface area contributed by atoms with E-state index in [0.29, 0.717) is 11.4 Å². The molecule has 0 fully saturated rings. The van der Waals surface area contributed by atoms with E-state index < -0.39 is 23.6 Å². The zero-order valence-corrected chi connectivity index (χ0v) is 13.4. The number of ether oxygens (including phenoxy) is 1. The van der Waals surface area contributed by atoms with Gasteiger partial charge in [0.1, 0.15) is 5.75 Å². The fourth-order valence-corrected chi connectivity index (χ4v) is 2.03. The number of anilines is 2. The maximum Gasteiger partial charge on any atom is 0.416 e. The van der Waals surface area contributed by atoms with Crippen molar-refractivity contribution < 1.29 is 27.5 Å². The highest BCUT2D eigenvalue weighted by Gasteiger charge is 2.30. The lowest BCUT2D eigenvalue weighted by molar-refractivity contribution is -0.137. The van der Waals surface area contributed by atoms with E-state index in [1.165, 1.54) is 7.11 Å². The van der Waals surface area contributed by atoms with Gasteiger partial charge in [-0.15, -0.1) is 0 Å². The Balaban J connectivity index is 2.06. The molecule has 0 radical (unpaired) electrons. The predicted molar refractivity (Wildman–Crippen MR) is 86.4 cm³/mol. The summed E-state index contributed by atoms with van der Waals surface area (Å²) in [6.45, 7) is 1.80. The summed E-state index contributed by atoms with van der Waals surface area (Å²) in [6.07, 6.45) is -4.47. The number of alkyl halides is 3. The van der Waals surface area contributed by atoms with Gasteiger partial charge in [0.25, 0.3) is 0 Å². The molecule has 0 bridgehead atoms. The molecule has 2 N–H and O–H groups in total. The highest BCUT2D eigenvalue weighted by Crippen LogP contribution is 2.30. The third-order valence-corrected chi connectivity index (χ3v) is 3.28. The Bertz CT molecular complexity index is 787. The van der Waals surface area contributed by atoms with Gasteiger partial charge in [0, 0.05) is 5.69 Å². The summed E-state index contributed by atoms with van der Waals surface area (Å²) in [7, 11) is 1.42. The molecule has 0 saturated heterocycles. The molecule has 0 saturated carbocycles. The van der Waals surface area contributed by atoms with Crippen molar-refractivity contribution in [1.29, 1.82) is 0 Å². The maximum absolute atomic E-state index is 12.5. The number of hydrogen-bond acceptors (Lipinski definition) is 3. The summed E-state index contributed by atoms with van der Waals surface area (Å²) in [6, 6.07) is 8.81. The number of methoxy groups -OCH3 is 1. The first-order valence-corrected chi connectivity index (χ1v) is 7.15. The first kappa shape index (κ1) is 18.3. The molecule has 0 aliphatic carbocycles. The summed E-state index contributed by atoms with van der Waals surface area (Å²) < 4.78 is 42.6. The summed E-state index contributed by atoms with van der Waals surface area (Å²) in [5.41, 5.74) is 0.387. The topological polar surface area (TPSA) is 67.4 Å². The van der Waals surface area contributed by atoms with Gasteiger partial charge in [0.15, 0.2) is 0 Å². The van der Waals surface area contributed by atoms with Crippen LogP contribution in [0, 0.1) is 6.92 Å². The van der Waals surface area contributed by atoms with Gasteiger partial charge in [0.05, 0.1) is 18.4 Å². The molecule has 0 aliphatic heterocycles. The molecule has 2 amide bonds. The molecule has 8 heteroatoms. The quantitative estimate of drug-likeness (QED) is 0.830. The van der Waals surface area contributed by atoms with Gasteiger partial charge < -0.3 is 15.4 Å². The minimum atomic E-state index is -4.47. The average molecular weight is 352 g/mol. The highest BCUT2D eigenvalue weighted by molar-refractivity contribution is 6.43. The van der Waals surface area contributed by atoms with Crippen molar-refractivity contribution in [3.63, 3.8) is 0 Å². The lowest BCUT2D eigenvalue weighted by atomic mass is 10.2. The average Bonchev–Trinajstić information content (AvgIpc) is 2.54. The van der Waals surface area contributed by atoms with Crippen LogP contribution in [-0.4, -0.2) is 18.9 Å². The molecule has 2 rings (SSSR count). The summed E-state index contributed by atoms with van der Waals surface area (Å²) >= 11 is 0. The van der Waals surface area contributed by atoms with Gasteiger partial charge in [-0.2, -0.15) is 13.2 Å². The van der Waals surface area contributed by atoms with E-state index in [1.807, 2.05) is 0 Å². The molecule has 132 valence electrons. The van der Waals surface area contributed by atoms with Crippen molar-refractivity contribution >= 4 is 23.2 Å². The van der Waals surface area contributed by atoms with Crippen molar-refractivity contribution in [2.75, 3.05) is 17.7 Å². The van der Waals surface area contributed by atoms with Crippen LogP contribution in [0.25, 0.3) is 0 Å². The molecular formula is C17H15F3N2O3. The van der Waals surface area contributed by atoms with Gasteiger partial charge in [-0.05, 0) is 48.9 Å².